The molecule has 8 heteroatoms. The van der Waals surface area contributed by atoms with E-state index in [2.05, 4.69) is 9.88 Å². The Kier molecular flexibility index (Phi) is 5.01. The smallest absolute Gasteiger partial charge is 0.257 e. The molecular weight excluding hydrogens is 423 g/mol. The molecule has 2 amide bonds. The Morgan fingerprint density at radius 3 is 2.33 bits per heavy atom. The van der Waals surface area contributed by atoms with Crippen LogP contribution in [0.25, 0.3) is 10.9 Å². The average Bonchev–Trinajstić information content (AvgIpc) is 3.67. The second kappa shape index (κ2) is 7.94. The number of benzene rings is 1. The number of piperidine rings is 1. The highest BCUT2D eigenvalue weighted by Gasteiger charge is 2.42. The lowest BCUT2D eigenvalue weighted by Gasteiger charge is -2.48. The summed E-state index contributed by atoms with van der Waals surface area (Å²) in [7, 11) is 0. The normalized spacial score (nSPS) is 22.5. The number of carbonyl (C=O) groups excluding carboxylic acids is 2. The van der Waals surface area contributed by atoms with E-state index in [4.69, 9.17) is 4.74 Å². The molecule has 3 aliphatic heterocycles. The third kappa shape index (κ3) is 3.74. The van der Waals surface area contributed by atoms with Crippen molar-refractivity contribution in [1.82, 2.24) is 14.8 Å². The summed E-state index contributed by atoms with van der Waals surface area (Å²) in [6.07, 6.45) is 5.63. The van der Waals surface area contributed by atoms with Gasteiger partial charge in [0.15, 0.2) is 0 Å². The zero-order valence-electron chi connectivity index (χ0n) is 18.8. The fourth-order valence-electron chi connectivity index (χ4n) is 5.42. The van der Waals surface area contributed by atoms with Gasteiger partial charge in [-0.1, -0.05) is 0 Å². The van der Waals surface area contributed by atoms with Crippen molar-refractivity contribution in [1.29, 1.82) is 0 Å². The van der Waals surface area contributed by atoms with E-state index in [0.29, 0.717) is 42.6 Å². The maximum Gasteiger partial charge on any atom is 0.257 e. The first-order chi connectivity index (χ1) is 16.0. The van der Waals surface area contributed by atoms with Crippen molar-refractivity contribution >= 4 is 28.4 Å². The van der Waals surface area contributed by atoms with Crippen LogP contribution < -0.4 is 4.90 Å². The van der Waals surface area contributed by atoms with Crippen molar-refractivity contribution < 1.29 is 18.7 Å². The largest absolute Gasteiger partial charge is 0.380 e. The minimum Gasteiger partial charge on any atom is -0.380 e. The number of rotatable bonds is 3. The summed E-state index contributed by atoms with van der Waals surface area (Å²) >= 11 is 0. The second-order valence-corrected chi connectivity index (χ2v) is 10.1. The van der Waals surface area contributed by atoms with Crippen LogP contribution >= 0.6 is 0 Å². The van der Waals surface area contributed by atoms with Gasteiger partial charge in [0.2, 0.25) is 5.91 Å². The molecule has 0 atom stereocenters. The van der Waals surface area contributed by atoms with Gasteiger partial charge >= 0.3 is 0 Å². The number of halogens is 1. The quantitative estimate of drug-likeness (QED) is 0.717. The summed E-state index contributed by atoms with van der Waals surface area (Å²) in [5, 5.41) is 0.684. The van der Waals surface area contributed by atoms with Crippen LogP contribution in [0.4, 0.5) is 10.1 Å². The second-order valence-electron chi connectivity index (χ2n) is 10.1. The summed E-state index contributed by atoms with van der Waals surface area (Å²) in [6.45, 7) is 5.39. The fourth-order valence-corrected chi connectivity index (χ4v) is 5.42. The van der Waals surface area contributed by atoms with Gasteiger partial charge in [0, 0.05) is 62.2 Å². The molecule has 4 aliphatic rings. The van der Waals surface area contributed by atoms with E-state index >= 15 is 0 Å². The number of aromatic nitrogens is 1. The Balaban J connectivity index is 1.28. The van der Waals surface area contributed by atoms with Crippen LogP contribution in [0.1, 0.15) is 36.0 Å². The molecular formula is C25H29FN4O3. The monoisotopic (exact) mass is 452 g/mol. The number of piperazine rings is 1. The number of anilines is 1. The third-order valence-electron chi connectivity index (χ3n) is 7.79. The first kappa shape index (κ1) is 20.8. The zero-order chi connectivity index (χ0) is 22.6. The van der Waals surface area contributed by atoms with E-state index in [1.807, 2.05) is 9.80 Å². The molecule has 4 heterocycles. The van der Waals surface area contributed by atoms with Gasteiger partial charge in [0.05, 0.1) is 30.0 Å². The van der Waals surface area contributed by atoms with Gasteiger partial charge in [-0.25, -0.2) is 4.39 Å². The fraction of sp³-hybridized carbons (Fsp3) is 0.560. The summed E-state index contributed by atoms with van der Waals surface area (Å²) in [5.41, 5.74) is 2.26. The van der Waals surface area contributed by atoms with Crippen molar-refractivity contribution in [2.45, 2.75) is 25.7 Å². The summed E-state index contributed by atoms with van der Waals surface area (Å²) < 4.78 is 19.7. The number of fused-ring (bicyclic) bond motifs is 1. The van der Waals surface area contributed by atoms with Gasteiger partial charge in [-0.05, 0) is 43.9 Å². The van der Waals surface area contributed by atoms with Crippen LogP contribution in [0.15, 0.2) is 24.4 Å². The molecule has 6 rings (SSSR count). The van der Waals surface area contributed by atoms with Crippen molar-refractivity contribution in [2.24, 2.45) is 11.3 Å². The first-order valence-electron chi connectivity index (χ1n) is 12.0. The molecule has 174 valence electrons. The number of amides is 2. The number of ether oxygens (including phenoxy) is 1. The van der Waals surface area contributed by atoms with Crippen LogP contribution in [0.5, 0.6) is 0 Å². The molecule has 0 unspecified atom stereocenters. The number of hydrogen-bond donors (Lipinski definition) is 0. The van der Waals surface area contributed by atoms with Gasteiger partial charge in [-0.3, -0.25) is 14.6 Å². The van der Waals surface area contributed by atoms with E-state index in [0.717, 1.165) is 57.7 Å². The molecule has 1 aromatic heterocycles. The molecule has 0 N–H and O–H groups in total. The Bertz CT molecular complexity index is 1100. The summed E-state index contributed by atoms with van der Waals surface area (Å²) in [4.78, 5) is 36.5. The molecule has 2 aromatic rings. The van der Waals surface area contributed by atoms with Crippen molar-refractivity contribution in [3.8, 4) is 0 Å². The van der Waals surface area contributed by atoms with Gasteiger partial charge < -0.3 is 19.4 Å². The van der Waals surface area contributed by atoms with Crippen molar-refractivity contribution in [3.63, 3.8) is 0 Å². The maximum absolute atomic E-state index is 14.3. The molecule has 0 radical (unpaired) electrons. The number of carbonyl (C=O) groups is 2. The first-order valence-corrected chi connectivity index (χ1v) is 12.0. The van der Waals surface area contributed by atoms with Crippen LogP contribution in [-0.4, -0.2) is 79.1 Å². The molecule has 0 bridgehead atoms. The van der Waals surface area contributed by atoms with E-state index < -0.39 is 0 Å². The van der Waals surface area contributed by atoms with Crippen LogP contribution in [0.2, 0.25) is 0 Å². The van der Waals surface area contributed by atoms with Crippen molar-refractivity contribution in [2.75, 3.05) is 57.4 Å². The summed E-state index contributed by atoms with van der Waals surface area (Å²) in [6, 6.07) is 4.58. The Labute approximate surface area is 192 Å². The van der Waals surface area contributed by atoms with Gasteiger partial charge in [0.25, 0.3) is 5.91 Å². The molecule has 1 saturated carbocycles. The molecule has 1 aromatic carbocycles. The lowest BCUT2D eigenvalue weighted by molar-refractivity contribution is -0.134. The van der Waals surface area contributed by atoms with Gasteiger partial charge in [-0.2, -0.15) is 0 Å². The number of nitrogens with zero attached hydrogens (tertiary/aromatic N) is 4. The van der Waals surface area contributed by atoms with E-state index in [9.17, 15) is 14.0 Å². The van der Waals surface area contributed by atoms with Crippen LogP contribution in [0.3, 0.4) is 0 Å². The Hall–Kier alpha value is -2.74. The van der Waals surface area contributed by atoms with Crippen LogP contribution in [0, 0.1) is 17.2 Å². The maximum atomic E-state index is 14.3. The number of hydrogen-bond acceptors (Lipinski definition) is 5. The molecule has 1 spiro atoms. The van der Waals surface area contributed by atoms with E-state index in [1.54, 1.807) is 12.3 Å². The third-order valence-corrected chi connectivity index (χ3v) is 7.79. The SMILES string of the molecule is O=C(c1cnc2ccc(F)cc2c1N1CCC2(CC1)COC2)N1CCN(C(=O)C2CC2)CC1. The Morgan fingerprint density at radius 1 is 1.00 bits per heavy atom. The standard InChI is InChI=1S/C25H29FN4O3/c26-18-3-4-21-19(13-18)22(28-7-5-25(6-8-28)15-33-16-25)20(14-27-21)24(32)30-11-9-29(10-12-30)23(31)17-1-2-17/h3-4,13-14,17H,1-2,5-12,15-16H2. The lowest BCUT2D eigenvalue weighted by Crippen LogP contribution is -2.52. The average molecular weight is 453 g/mol. The van der Waals surface area contributed by atoms with Gasteiger partial charge in [0.1, 0.15) is 5.82 Å². The molecule has 3 saturated heterocycles. The minimum absolute atomic E-state index is 0.0885. The Morgan fingerprint density at radius 2 is 1.70 bits per heavy atom. The van der Waals surface area contributed by atoms with E-state index in [-0.39, 0.29) is 29.0 Å². The predicted molar refractivity (Wildman–Crippen MR) is 122 cm³/mol. The molecule has 4 fully saturated rings. The van der Waals surface area contributed by atoms with Gasteiger partial charge in [-0.15, -0.1) is 0 Å². The van der Waals surface area contributed by atoms with Crippen LogP contribution in [-0.2, 0) is 9.53 Å². The lowest BCUT2D eigenvalue weighted by atomic mass is 9.76. The topological polar surface area (TPSA) is 66.0 Å². The zero-order valence-corrected chi connectivity index (χ0v) is 18.8. The molecule has 33 heavy (non-hydrogen) atoms. The minimum atomic E-state index is -0.330. The predicted octanol–water partition coefficient (Wildman–Crippen LogP) is 2.69. The highest BCUT2D eigenvalue weighted by molar-refractivity contribution is 6.07. The highest BCUT2D eigenvalue weighted by Crippen LogP contribution is 2.42. The number of pyridine rings is 1. The highest BCUT2D eigenvalue weighted by atomic mass is 19.1. The molecule has 7 nitrogen and oxygen atoms in total. The van der Waals surface area contributed by atoms with E-state index in [1.165, 1.54) is 12.1 Å². The van der Waals surface area contributed by atoms with Crippen molar-refractivity contribution in [3.05, 3.63) is 35.8 Å². The summed E-state index contributed by atoms with van der Waals surface area (Å²) in [5.74, 6) is 0.00688. The molecule has 1 aliphatic carbocycles.